The molecule has 7 nitrogen and oxygen atoms in total. The van der Waals surface area contributed by atoms with E-state index in [1.165, 1.54) is 24.3 Å². The molecule has 3 amide bonds. The normalized spacial score (nSPS) is 19.8. The molecular weight excluding hydrogens is 346 g/mol. The lowest BCUT2D eigenvalue weighted by Crippen LogP contribution is -2.40. The molecule has 3 rings (SSSR count). The van der Waals surface area contributed by atoms with Crippen molar-refractivity contribution < 1.29 is 14.5 Å². The number of benzene rings is 2. The van der Waals surface area contributed by atoms with Gasteiger partial charge in [-0.1, -0.05) is 35.9 Å². The molecule has 0 radical (unpaired) electrons. The van der Waals surface area contributed by atoms with Gasteiger partial charge >= 0.3 is 6.03 Å². The van der Waals surface area contributed by atoms with Crippen molar-refractivity contribution in [2.24, 2.45) is 0 Å². The molecule has 128 valence electrons. The van der Waals surface area contributed by atoms with Crippen LogP contribution in [0.4, 0.5) is 10.5 Å². The maximum absolute atomic E-state index is 12.8. The Labute approximate surface area is 148 Å². The summed E-state index contributed by atoms with van der Waals surface area (Å²) in [5.41, 5.74) is 0.0190. The number of nitrogens with one attached hydrogen (secondary N) is 1. The summed E-state index contributed by atoms with van der Waals surface area (Å²) in [5, 5.41) is 13.9. The fraction of sp³-hybridized carbons (Fsp3) is 0.176. The van der Waals surface area contributed by atoms with Crippen molar-refractivity contribution in [3.05, 3.63) is 74.8 Å². The molecule has 1 aliphatic heterocycles. The Morgan fingerprint density at radius 1 is 1.12 bits per heavy atom. The van der Waals surface area contributed by atoms with Gasteiger partial charge in [-0.3, -0.25) is 19.8 Å². The average Bonchev–Trinajstić information content (AvgIpc) is 2.80. The summed E-state index contributed by atoms with van der Waals surface area (Å²) in [6.07, 6.45) is 0. The van der Waals surface area contributed by atoms with Crippen molar-refractivity contribution in [2.75, 3.05) is 0 Å². The number of rotatable bonds is 4. The second kappa shape index (κ2) is 6.18. The van der Waals surface area contributed by atoms with Crippen LogP contribution in [-0.2, 0) is 16.9 Å². The van der Waals surface area contributed by atoms with E-state index < -0.39 is 22.4 Å². The Morgan fingerprint density at radius 2 is 1.72 bits per heavy atom. The third-order valence-electron chi connectivity index (χ3n) is 4.18. The summed E-state index contributed by atoms with van der Waals surface area (Å²) in [4.78, 5) is 36.4. The van der Waals surface area contributed by atoms with Crippen molar-refractivity contribution in [3.63, 3.8) is 0 Å². The first-order chi connectivity index (χ1) is 11.8. The van der Waals surface area contributed by atoms with E-state index in [1.54, 1.807) is 31.2 Å². The predicted octanol–water partition coefficient (Wildman–Crippen LogP) is 3.22. The third-order valence-corrected chi connectivity index (χ3v) is 4.44. The van der Waals surface area contributed by atoms with E-state index in [0.717, 1.165) is 4.90 Å². The number of carbonyl (C=O) groups excluding carboxylic acids is 2. The van der Waals surface area contributed by atoms with Gasteiger partial charge in [0.25, 0.3) is 11.6 Å². The van der Waals surface area contributed by atoms with Crippen molar-refractivity contribution in [1.29, 1.82) is 0 Å². The minimum absolute atomic E-state index is 0.0336. The van der Waals surface area contributed by atoms with Gasteiger partial charge in [0.05, 0.1) is 11.5 Å². The summed E-state index contributed by atoms with van der Waals surface area (Å²) in [7, 11) is 0. The SMILES string of the molecule is C[C@@]1(c2ccc(Cl)cc2)NC(=O)N(Cc2ccc([N+](=O)[O-])cc2)C1=O. The number of nitrogens with zero attached hydrogens (tertiary/aromatic N) is 2. The maximum atomic E-state index is 12.8. The third kappa shape index (κ3) is 3.06. The zero-order valence-corrected chi connectivity index (χ0v) is 14.0. The van der Waals surface area contributed by atoms with E-state index in [1.807, 2.05) is 0 Å². The zero-order chi connectivity index (χ0) is 18.2. The number of carbonyl (C=O) groups is 2. The molecule has 1 aliphatic rings. The fourth-order valence-corrected chi connectivity index (χ4v) is 2.85. The second-order valence-electron chi connectivity index (χ2n) is 5.88. The van der Waals surface area contributed by atoms with Gasteiger partial charge in [0, 0.05) is 17.2 Å². The molecule has 0 bridgehead atoms. The second-order valence-corrected chi connectivity index (χ2v) is 6.31. The fourth-order valence-electron chi connectivity index (χ4n) is 2.73. The topological polar surface area (TPSA) is 92.6 Å². The van der Waals surface area contributed by atoms with Crippen LogP contribution in [0.25, 0.3) is 0 Å². The van der Waals surface area contributed by atoms with Gasteiger partial charge in [0.1, 0.15) is 5.54 Å². The van der Waals surface area contributed by atoms with Gasteiger partial charge in [0.15, 0.2) is 0 Å². The van der Waals surface area contributed by atoms with Crippen molar-refractivity contribution in [2.45, 2.75) is 19.0 Å². The van der Waals surface area contributed by atoms with Crippen LogP contribution in [0.15, 0.2) is 48.5 Å². The van der Waals surface area contributed by atoms with Gasteiger partial charge < -0.3 is 5.32 Å². The maximum Gasteiger partial charge on any atom is 0.325 e. The summed E-state index contributed by atoms with van der Waals surface area (Å²) in [6.45, 7) is 1.66. The highest BCUT2D eigenvalue weighted by atomic mass is 35.5. The Kier molecular flexibility index (Phi) is 4.18. The molecule has 1 saturated heterocycles. The monoisotopic (exact) mass is 359 g/mol. The lowest BCUT2D eigenvalue weighted by atomic mass is 9.92. The molecule has 0 aromatic heterocycles. The number of hydrogen-bond acceptors (Lipinski definition) is 4. The smallest absolute Gasteiger partial charge is 0.319 e. The van der Waals surface area contributed by atoms with Gasteiger partial charge in [-0.25, -0.2) is 4.79 Å². The summed E-state index contributed by atoms with van der Waals surface area (Å²) in [5.74, 6) is -0.391. The number of non-ortho nitro benzene ring substituents is 1. The predicted molar refractivity (Wildman–Crippen MR) is 91.0 cm³/mol. The molecular formula is C17H14ClN3O4. The molecule has 2 aromatic carbocycles. The average molecular weight is 360 g/mol. The van der Waals surface area contributed by atoms with E-state index in [0.29, 0.717) is 16.1 Å². The van der Waals surface area contributed by atoms with Gasteiger partial charge in [-0.15, -0.1) is 0 Å². The van der Waals surface area contributed by atoms with E-state index in [4.69, 9.17) is 11.6 Å². The lowest BCUT2D eigenvalue weighted by Gasteiger charge is -2.22. The van der Waals surface area contributed by atoms with Crippen LogP contribution in [0.5, 0.6) is 0 Å². The highest BCUT2D eigenvalue weighted by Crippen LogP contribution is 2.30. The molecule has 1 fully saturated rings. The zero-order valence-electron chi connectivity index (χ0n) is 13.2. The molecule has 0 unspecified atom stereocenters. The lowest BCUT2D eigenvalue weighted by molar-refractivity contribution is -0.384. The molecule has 0 aliphatic carbocycles. The van der Waals surface area contributed by atoms with Crippen molar-refractivity contribution in [3.8, 4) is 0 Å². The van der Waals surface area contributed by atoms with Crippen LogP contribution >= 0.6 is 11.6 Å². The first-order valence-corrected chi connectivity index (χ1v) is 7.82. The van der Waals surface area contributed by atoms with E-state index in [9.17, 15) is 19.7 Å². The van der Waals surface area contributed by atoms with E-state index in [-0.39, 0.29) is 12.2 Å². The van der Waals surface area contributed by atoms with Crippen LogP contribution in [0.3, 0.4) is 0 Å². The Morgan fingerprint density at radius 3 is 2.28 bits per heavy atom. The number of nitro benzene ring substituents is 1. The first kappa shape index (κ1) is 16.9. The molecule has 1 heterocycles. The van der Waals surface area contributed by atoms with Crippen LogP contribution in [0.1, 0.15) is 18.1 Å². The molecule has 1 atom stereocenters. The molecule has 2 aromatic rings. The van der Waals surface area contributed by atoms with Crippen LogP contribution in [0, 0.1) is 10.1 Å². The number of urea groups is 1. The van der Waals surface area contributed by atoms with Gasteiger partial charge in [-0.2, -0.15) is 0 Å². The number of hydrogen-bond donors (Lipinski definition) is 1. The number of halogens is 1. The molecule has 0 saturated carbocycles. The molecule has 0 spiro atoms. The standard InChI is InChI=1S/C17H14ClN3O4/c1-17(12-4-6-13(18)7-5-12)15(22)20(16(23)19-17)10-11-2-8-14(9-3-11)21(24)25/h2-9H,10H2,1H3,(H,19,23)/t17-/m0/s1. The van der Waals surface area contributed by atoms with E-state index in [2.05, 4.69) is 5.32 Å². The van der Waals surface area contributed by atoms with Crippen LogP contribution in [0.2, 0.25) is 5.02 Å². The largest absolute Gasteiger partial charge is 0.325 e. The molecule has 8 heteroatoms. The van der Waals surface area contributed by atoms with Crippen LogP contribution < -0.4 is 5.32 Å². The molecule has 1 N–H and O–H groups in total. The number of imide groups is 1. The summed E-state index contributed by atoms with van der Waals surface area (Å²) >= 11 is 5.87. The Bertz CT molecular complexity index is 851. The summed E-state index contributed by atoms with van der Waals surface area (Å²) in [6, 6.07) is 11.9. The van der Waals surface area contributed by atoms with Gasteiger partial charge in [0.2, 0.25) is 0 Å². The number of amides is 3. The van der Waals surface area contributed by atoms with E-state index >= 15 is 0 Å². The minimum Gasteiger partial charge on any atom is -0.319 e. The first-order valence-electron chi connectivity index (χ1n) is 7.45. The Hall–Kier alpha value is -2.93. The molecule has 25 heavy (non-hydrogen) atoms. The Balaban J connectivity index is 1.83. The van der Waals surface area contributed by atoms with Gasteiger partial charge in [-0.05, 0) is 30.2 Å². The highest BCUT2D eigenvalue weighted by molar-refractivity contribution is 6.30. The van der Waals surface area contributed by atoms with Crippen LogP contribution in [-0.4, -0.2) is 21.8 Å². The quantitative estimate of drug-likeness (QED) is 0.515. The number of nitro groups is 1. The minimum atomic E-state index is -1.18. The summed E-state index contributed by atoms with van der Waals surface area (Å²) < 4.78 is 0. The van der Waals surface area contributed by atoms with Crippen molar-refractivity contribution in [1.82, 2.24) is 10.2 Å². The van der Waals surface area contributed by atoms with Crippen molar-refractivity contribution >= 4 is 29.2 Å². The highest BCUT2D eigenvalue weighted by Gasteiger charge is 2.48.